The van der Waals surface area contributed by atoms with Gasteiger partial charge in [0.1, 0.15) is 5.82 Å². The fraction of sp³-hybridized carbons (Fsp3) is 0.125. The molecule has 21 heavy (non-hydrogen) atoms. The van der Waals surface area contributed by atoms with Gasteiger partial charge in [-0.1, -0.05) is 11.2 Å². The molecule has 106 valence electrons. The zero-order chi connectivity index (χ0) is 15.0. The number of rotatable bonds is 2. The van der Waals surface area contributed by atoms with Gasteiger partial charge in [-0.25, -0.2) is 4.39 Å². The van der Waals surface area contributed by atoms with Crippen LogP contribution in [-0.4, -0.2) is 10.1 Å². The largest absolute Gasteiger partial charge is 0.399 e. The molecule has 0 unspecified atom stereocenters. The summed E-state index contributed by atoms with van der Waals surface area (Å²) in [4.78, 5) is 4.39. The first kappa shape index (κ1) is 13.3. The fourth-order valence-corrected chi connectivity index (χ4v) is 2.19. The molecule has 0 atom stereocenters. The minimum absolute atomic E-state index is 0.286. The van der Waals surface area contributed by atoms with Crippen LogP contribution in [-0.2, 0) is 0 Å². The number of nitrogen functional groups attached to an aromatic ring is 1. The minimum atomic E-state index is -0.286. The van der Waals surface area contributed by atoms with Crippen molar-refractivity contribution in [3.63, 3.8) is 0 Å². The lowest BCUT2D eigenvalue weighted by atomic mass is 10.1. The van der Waals surface area contributed by atoms with Gasteiger partial charge in [-0.15, -0.1) is 0 Å². The molecule has 0 aliphatic heterocycles. The van der Waals surface area contributed by atoms with Gasteiger partial charge in [0.25, 0.3) is 5.89 Å². The summed E-state index contributed by atoms with van der Waals surface area (Å²) in [5.74, 6) is 0.550. The van der Waals surface area contributed by atoms with Gasteiger partial charge in [0, 0.05) is 16.8 Å². The van der Waals surface area contributed by atoms with E-state index >= 15 is 0 Å². The van der Waals surface area contributed by atoms with Crippen LogP contribution in [0.3, 0.4) is 0 Å². The van der Waals surface area contributed by atoms with E-state index in [1.54, 1.807) is 19.1 Å². The summed E-state index contributed by atoms with van der Waals surface area (Å²) in [5.41, 5.74) is 9.72. The SMILES string of the molecule is Cc1cc(F)ccc1-c1noc(-c2cc(N)ccc2C)n1. The number of hydrogen-bond donors (Lipinski definition) is 1. The highest BCUT2D eigenvalue weighted by atomic mass is 19.1. The standard InChI is InChI=1S/C16H14FN3O/c1-9-3-5-12(18)8-14(9)16-19-15(20-21-16)13-6-4-11(17)7-10(13)2/h3-8H,18H2,1-2H3. The first-order valence-corrected chi connectivity index (χ1v) is 6.51. The predicted molar refractivity (Wildman–Crippen MR) is 79.0 cm³/mol. The zero-order valence-electron chi connectivity index (χ0n) is 11.7. The number of benzene rings is 2. The maximum Gasteiger partial charge on any atom is 0.258 e. The third-order valence-corrected chi connectivity index (χ3v) is 3.35. The number of nitrogens with zero attached hydrogens (tertiary/aromatic N) is 2. The van der Waals surface area contributed by atoms with Crippen molar-refractivity contribution >= 4 is 5.69 Å². The average molecular weight is 283 g/mol. The maximum atomic E-state index is 13.2. The summed E-state index contributed by atoms with van der Waals surface area (Å²) in [7, 11) is 0. The Balaban J connectivity index is 2.06. The van der Waals surface area contributed by atoms with E-state index in [0.29, 0.717) is 17.4 Å². The Morgan fingerprint density at radius 2 is 1.81 bits per heavy atom. The molecule has 5 heteroatoms. The zero-order valence-corrected chi connectivity index (χ0v) is 11.7. The van der Waals surface area contributed by atoms with Crippen molar-refractivity contribution in [2.24, 2.45) is 0 Å². The molecule has 0 aliphatic carbocycles. The molecule has 1 heterocycles. The fourth-order valence-electron chi connectivity index (χ4n) is 2.19. The van der Waals surface area contributed by atoms with E-state index in [1.165, 1.54) is 12.1 Å². The third kappa shape index (κ3) is 2.50. The van der Waals surface area contributed by atoms with Crippen molar-refractivity contribution in [2.75, 3.05) is 5.73 Å². The molecule has 0 fully saturated rings. The molecule has 0 radical (unpaired) electrons. The first-order chi connectivity index (χ1) is 10.0. The molecule has 0 bridgehead atoms. The van der Waals surface area contributed by atoms with Crippen LogP contribution in [0.4, 0.5) is 10.1 Å². The summed E-state index contributed by atoms with van der Waals surface area (Å²) in [5, 5.41) is 3.97. The van der Waals surface area contributed by atoms with Crippen LogP contribution in [0.15, 0.2) is 40.9 Å². The lowest BCUT2D eigenvalue weighted by Crippen LogP contribution is -1.90. The molecule has 4 nitrogen and oxygen atoms in total. The molecule has 2 aromatic carbocycles. The minimum Gasteiger partial charge on any atom is -0.399 e. The third-order valence-electron chi connectivity index (χ3n) is 3.35. The molecule has 3 aromatic rings. The monoisotopic (exact) mass is 283 g/mol. The van der Waals surface area contributed by atoms with Gasteiger partial charge >= 0.3 is 0 Å². The van der Waals surface area contributed by atoms with E-state index in [0.717, 1.165) is 22.3 Å². The molecule has 0 amide bonds. The van der Waals surface area contributed by atoms with Crippen LogP contribution in [0.2, 0.25) is 0 Å². The Hall–Kier alpha value is -2.69. The van der Waals surface area contributed by atoms with Crippen LogP contribution in [0.1, 0.15) is 11.1 Å². The summed E-state index contributed by atoms with van der Waals surface area (Å²) in [6.45, 7) is 3.75. The summed E-state index contributed by atoms with van der Waals surface area (Å²) < 4.78 is 18.5. The van der Waals surface area contributed by atoms with Crippen molar-refractivity contribution in [1.29, 1.82) is 0 Å². The summed E-state index contributed by atoms with van der Waals surface area (Å²) >= 11 is 0. The number of aryl methyl sites for hydroxylation is 2. The van der Waals surface area contributed by atoms with E-state index in [4.69, 9.17) is 10.3 Å². The van der Waals surface area contributed by atoms with Crippen LogP contribution in [0.5, 0.6) is 0 Å². The molecule has 0 saturated heterocycles. The molecular weight excluding hydrogens is 269 g/mol. The van der Waals surface area contributed by atoms with E-state index in [2.05, 4.69) is 10.1 Å². The van der Waals surface area contributed by atoms with Gasteiger partial charge in [-0.3, -0.25) is 0 Å². The first-order valence-electron chi connectivity index (χ1n) is 6.51. The predicted octanol–water partition coefficient (Wildman–Crippen LogP) is 3.74. The number of hydrogen-bond acceptors (Lipinski definition) is 4. The highest BCUT2D eigenvalue weighted by molar-refractivity contribution is 5.67. The van der Waals surface area contributed by atoms with E-state index < -0.39 is 0 Å². The molecule has 3 rings (SSSR count). The number of anilines is 1. The number of aromatic nitrogens is 2. The number of nitrogens with two attached hydrogens (primary N) is 1. The summed E-state index contributed by atoms with van der Waals surface area (Å²) in [6, 6.07) is 9.98. The van der Waals surface area contributed by atoms with E-state index in [1.807, 2.05) is 19.1 Å². The van der Waals surface area contributed by atoms with Gasteiger partial charge in [-0.2, -0.15) is 4.98 Å². The highest BCUT2D eigenvalue weighted by Crippen LogP contribution is 2.27. The molecule has 0 saturated carbocycles. The Labute approximate surface area is 121 Å². The van der Waals surface area contributed by atoms with Gasteiger partial charge in [0.05, 0.1) is 0 Å². The molecule has 1 aromatic heterocycles. The van der Waals surface area contributed by atoms with Crippen molar-refractivity contribution in [3.8, 4) is 22.8 Å². The molecule has 0 spiro atoms. The average Bonchev–Trinajstić information content (AvgIpc) is 2.91. The second-order valence-corrected chi connectivity index (χ2v) is 4.96. The van der Waals surface area contributed by atoms with E-state index in [-0.39, 0.29) is 5.82 Å². The highest BCUT2D eigenvalue weighted by Gasteiger charge is 2.14. The molecule has 2 N–H and O–H groups in total. The van der Waals surface area contributed by atoms with Crippen molar-refractivity contribution in [2.45, 2.75) is 13.8 Å². The maximum absolute atomic E-state index is 13.2. The van der Waals surface area contributed by atoms with Gasteiger partial charge in [-0.05, 0) is 55.3 Å². The Bertz CT molecular complexity index is 811. The molecule has 0 aliphatic rings. The smallest absolute Gasteiger partial charge is 0.258 e. The number of halogens is 1. The van der Waals surface area contributed by atoms with Crippen LogP contribution in [0, 0.1) is 19.7 Å². The summed E-state index contributed by atoms with van der Waals surface area (Å²) in [6.07, 6.45) is 0. The second kappa shape index (κ2) is 5.01. The van der Waals surface area contributed by atoms with Crippen molar-refractivity contribution < 1.29 is 8.91 Å². The van der Waals surface area contributed by atoms with Crippen LogP contribution in [0.25, 0.3) is 22.8 Å². The van der Waals surface area contributed by atoms with Crippen molar-refractivity contribution in [1.82, 2.24) is 10.1 Å². The lowest BCUT2D eigenvalue weighted by molar-refractivity contribution is 0.432. The Kier molecular flexibility index (Phi) is 3.17. The lowest BCUT2D eigenvalue weighted by Gasteiger charge is -2.01. The van der Waals surface area contributed by atoms with Gasteiger partial charge < -0.3 is 10.3 Å². The van der Waals surface area contributed by atoms with Crippen LogP contribution >= 0.6 is 0 Å². The normalized spacial score (nSPS) is 10.8. The Morgan fingerprint density at radius 3 is 2.57 bits per heavy atom. The van der Waals surface area contributed by atoms with Crippen molar-refractivity contribution in [3.05, 3.63) is 53.3 Å². The van der Waals surface area contributed by atoms with Crippen LogP contribution < -0.4 is 5.73 Å². The van der Waals surface area contributed by atoms with Gasteiger partial charge in [0.2, 0.25) is 5.82 Å². The second-order valence-electron chi connectivity index (χ2n) is 4.96. The Morgan fingerprint density at radius 1 is 1.00 bits per heavy atom. The quantitative estimate of drug-likeness (QED) is 0.727. The van der Waals surface area contributed by atoms with E-state index in [9.17, 15) is 4.39 Å². The van der Waals surface area contributed by atoms with Gasteiger partial charge in [0.15, 0.2) is 0 Å². The molecular formula is C16H14FN3O. The topological polar surface area (TPSA) is 64.9 Å².